The van der Waals surface area contributed by atoms with Gasteiger partial charge in [0.2, 0.25) is 15.9 Å². The topological polar surface area (TPSA) is 87.3 Å². The van der Waals surface area contributed by atoms with Crippen LogP contribution in [0.25, 0.3) is 0 Å². The van der Waals surface area contributed by atoms with Gasteiger partial charge in [0.1, 0.15) is 0 Å². The van der Waals surface area contributed by atoms with Gasteiger partial charge in [0, 0.05) is 24.7 Å². The lowest BCUT2D eigenvalue weighted by Crippen LogP contribution is -2.27. The summed E-state index contributed by atoms with van der Waals surface area (Å²) in [6.45, 7) is 2.03. The molecule has 0 saturated heterocycles. The van der Waals surface area contributed by atoms with Crippen molar-refractivity contribution in [2.45, 2.75) is 24.3 Å². The first-order valence-electron chi connectivity index (χ1n) is 9.81. The molecule has 0 saturated carbocycles. The number of benzene rings is 3. The molecule has 1 amide bonds. The molecular formula is C23H24ClN3O3S. The predicted molar refractivity (Wildman–Crippen MR) is 125 cm³/mol. The van der Waals surface area contributed by atoms with Crippen molar-refractivity contribution in [3.05, 3.63) is 89.4 Å². The summed E-state index contributed by atoms with van der Waals surface area (Å²) in [4.78, 5) is 12.4. The Morgan fingerprint density at radius 3 is 2.26 bits per heavy atom. The number of amides is 1. The van der Waals surface area contributed by atoms with Crippen molar-refractivity contribution < 1.29 is 13.2 Å². The zero-order valence-corrected chi connectivity index (χ0v) is 18.6. The van der Waals surface area contributed by atoms with E-state index in [1.54, 1.807) is 36.4 Å². The maximum absolute atomic E-state index is 12.2. The van der Waals surface area contributed by atoms with Gasteiger partial charge in [0.05, 0.1) is 15.6 Å². The molecular weight excluding hydrogens is 434 g/mol. The van der Waals surface area contributed by atoms with E-state index in [9.17, 15) is 13.2 Å². The van der Waals surface area contributed by atoms with E-state index in [0.717, 1.165) is 11.3 Å². The molecule has 8 heteroatoms. The van der Waals surface area contributed by atoms with Crippen LogP contribution in [0.3, 0.4) is 0 Å². The van der Waals surface area contributed by atoms with Crippen LogP contribution in [-0.2, 0) is 14.8 Å². The number of carbonyl (C=O) groups is 1. The Morgan fingerprint density at radius 1 is 0.968 bits per heavy atom. The average molecular weight is 458 g/mol. The van der Waals surface area contributed by atoms with Crippen molar-refractivity contribution in [3.63, 3.8) is 0 Å². The normalized spacial score (nSPS) is 12.2. The second-order valence-corrected chi connectivity index (χ2v) is 9.15. The smallest absolute Gasteiger partial charge is 0.240 e. The van der Waals surface area contributed by atoms with Gasteiger partial charge in [-0.15, -0.1) is 0 Å². The largest absolute Gasteiger partial charge is 0.377 e. The van der Waals surface area contributed by atoms with E-state index in [-0.39, 0.29) is 29.8 Å². The highest BCUT2D eigenvalue weighted by Gasteiger charge is 2.14. The summed E-state index contributed by atoms with van der Waals surface area (Å²) in [5.74, 6) is -0.315. The van der Waals surface area contributed by atoms with Gasteiger partial charge in [-0.3, -0.25) is 4.79 Å². The van der Waals surface area contributed by atoms with Crippen molar-refractivity contribution in [3.8, 4) is 0 Å². The minimum absolute atomic E-state index is 0.00523. The summed E-state index contributed by atoms with van der Waals surface area (Å²) >= 11 is 6.37. The average Bonchev–Trinajstić information content (AvgIpc) is 2.76. The summed E-state index contributed by atoms with van der Waals surface area (Å²) < 4.78 is 26.8. The van der Waals surface area contributed by atoms with Crippen LogP contribution in [0, 0.1) is 0 Å². The van der Waals surface area contributed by atoms with Crippen LogP contribution in [0.5, 0.6) is 0 Å². The Balaban J connectivity index is 1.52. The number of carbonyl (C=O) groups excluding carboxylic acids is 1. The predicted octanol–water partition coefficient (Wildman–Crippen LogP) is 4.82. The zero-order valence-electron chi connectivity index (χ0n) is 17.0. The van der Waals surface area contributed by atoms with E-state index in [4.69, 9.17) is 11.6 Å². The van der Waals surface area contributed by atoms with Crippen molar-refractivity contribution in [2.24, 2.45) is 0 Å². The lowest BCUT2D eigenvalue weighted by Gasteiger charge is -2.17. The highest BCUT2D eigenvalue weighted by molar-refractivity contribution is 7.89. The maximum atomic E-state index is 12.2. The molecule has 31 heavy (non-hydrogen) atoms. The molecule has 0 spiro atoms. The van der Waals surface area contributed by atoms with Crippen molar-refractivity contribution in [1.82, 2.24) is 4.72 Å². The lowest BCUT2D eigenvalue weighted by atomic mass is 10.1. The molecule has 3 rings (SSSR count). The Bertz CT molecular complexity index is 1120. The molecule has 3 N–H and O–H groups in total. The van der Waals surface area contributed by atoms with Crippen LogP contribution in [0.4, 0.5) is 11.4 Å². The van der Waals surface area contributed by atoms with Crippen molar-refractivity contribution >= 4 is 38.9 Å². The number of hydrogen-bond donors (Lipinski definition) is 3. The fraction of sp³-hybridized carbons (Fsp3) is 0.174. The molecule has 1 unspecified atom stereocenters. The molecule has 0 aliphatic rings. The maximum Gasteiger partial charge on any atom is 0.240 e. The number of rotatable bonds is 9. The fourth-order valence-corrected chi connectivity index (χ4v) is 4.26. The lowest BCUT2D eigenvalue weighted by molar-refractivity contribution is -0.116. The number of nitrogens with one attached hydrogen (secondary N) is 3. The van der Waals surface area contributed by atoms with Gasteiger partial charge in [-0.1, -0.05) is 60.1 Å². The third-order valence-electron chi connectivity index (χ3n) is 4.62. The third kappa shape index (κ3) is 6.55. The van der Waals surface area contributed by atoms with Crippen LogP contribution in [0.15, 0.2) is 83.8 Å². The summed E-state index contributed by atoms with van der Waals surface area (Å²) in [7, 11) is -3.64. The van der Waals surface area contributed by atoms with E-state index >= 15 is 0 Å². The summed E-state index contributed by atoms with van der Waals surface area (Å²) in [5.41, 5.74) is 2.43. The van der Waals surface area contributed by atoms with E-state index in [2.05, 4.69) is 15.4 Å². The monoisotopic (exact) mass is 457 g/mol. The summed E-state index contributed by atoms with van der Waals surface area (Å²) in [6.07, 6.45) is -0.00523. The van der Waals surface area contributed by atoms with Crippen LogP contribution < -0.4 is 15.4 Å². The Labute approximate surface area is 187 Å². The van der Waals surface area contributed by atoms with Crippen molar-refractivity contribution in [1.29, 1.82) is 0 Å². The van der Waals surface area contributed by atoms with Crippen LogP contribution in [0.2, 0.25) is 5.02 Å². The van der Waals surface area contributed by atoms with Crippen LogP contribution in [-0.4, -0.2) is 20.9 Å². The number of sulfonamides is 1. The minimum atomic E-state index is -3.64. The van der Waals surface area contributed by atoms with Crippen LogP contribution in [0.1, 0.15) is 24.9 Å². The Morgan fingerprint density at radius 2 is 1.61 bits per heavy atom. The standard InChI is InChI=1S/C23H24ClN3O3S/c1-17(18-8-4-2-5-9-18)26-22-13-12-19(16-21(22)24)27-23(28)14-15-25-31(29,30)20-10-6-3-7-11-20/h2-13,16-17,25-26H,14-15H2,1H3,(H,27,28). The van der Waals surface area contributed by atoms with Crippen LogP contribution >= 0.6 is 11.6 Å². The van der Waals surface area contributed by atoms with Gasteiger partial charge in [-0.2, -0.15) is 0 Å². The van der Waals surface area contributed by atoms with E-state index in [1.165, 1.54) is 12.1 Å². The Kier molecular flexibility index (Phi) is 7.68. The zero-order chi connectivity index (χ0) is 22.3. The highest BCUT2D eigenvalue weighted by Crippen LogP contribution is 2.29. The van der Waals surface area contributed by atoms with E-state index < -0.39 is 10.0 Å². The first-order valence-corrected chi connectivity index (χ1v) is 11.7. The van der Waals surface area contributed by atoms with Gasteiger partial charge in [-0.05, 0) is 42.8 Å². The van der Waals surface area contributed by atoms with Crippen molar-refractivity contribution in [2.75, 3.05) is 17.2 Å². The van der Waals surface area contributed by atoms with Gasteiger partial charge < -0.3 is 10.6 Å². The molecule has 0 aromatic heterocycles. The molecule has 0 radical (unpaired) electrons. The molecule has 1 atom stereocenters. The molecule has 3 aromatic carbocycles. The minimum Gasteiger partial charge on any atom is -0.377 e. The molecule has 0 aliphatic carbocycles. The molecule has 0 heterocycles. The number of hydrogen-bond acceptors (Lipinski definition) is 4. The second-order valence-electron chi connectivity index (χ2n) is 6.98. The van der Waals surface area contributed by atoms with Gasteiger partial charge in [0.15, 0.2) is 0 Å². The molecule has 162 valence electrons. The quantitative estimate of drug-likeness (QED) is 0.430. The highest BCUT2D eigenvalue weighted by atomic mass is 35.5. The SMILES string of the molecule is CC(Nc1ccc(NC(=O)CCNS(=O)(=O)c2ccccc2)cc1Cl)c1ccccc1. The van der Waals surface area contributed by atoms with Gasteiger partial charge >= 0.3 is 0 Å². The van der Waals surface area contributed by atoms with E-state index in [1.807, 2.05) is 37.3 Å². The third-order valence-corrected chi connectivity index (χ3v) is 6.41. The molecule has 6 nitrogen and oxygen atoms in total. The summed E-state index contributed by atoms with van der Waals surface area (Å²) in [6, 6.07) is 23.3. The number of anilines is 2. The fourth-order valence-electron chi connectivity index (χ4n) is 2.97. The first-order chi connectivity index (χ1) is 14.8. The first kappa shape index (κ1) is 22.8. The molecule has 0 bridgehead atoms. The summed E-state index contributed by atoms with van der Waals surface area (Å²) in [5, 5.41) is 6.56. The molecule has 0 aliphatic heterocycles. The number of halogens is 1. The second kappa shape index (κ2) is 10.4. The van der Waals surface area contributed by atoms with Gasteiger partial charge in [0.25, 0.3) is 0 Å². The van der Waals surface area contributed by atoms with E-state index in [0.29, 0.717) is 10.7 Å². The Hall–Kier alpha value is -2.87. The molecule has 3 aromatic rings. The van der Waals surface area contributed by atoms with Gasteiger partial charge in [-0.25, -0.2) is 13.1 Å². The molecule has 0 fully saturated rings.